The molecule has 4 rings (SSSR count). The van der Waals surface area contributed by atoms with E-state index in [0.717, 1.165) is 29.4 Å². The average Bonchev–Trinajstić information content (AvgIpc) is 3.55. The van der Waals surface area contributed by atoms with E-state index in [9.17, 15) is 14.4 Å². The van der Waals surface area contributed by atoms with Crippen LogP contribution >= 0.6 is 34.6 Å². The summed E-state index contributed by atoms with van der Waals surface area (Å²) in [4.78, 5) is 48.6. The third kappa shape index (κ3) is 5.92. The number of carbonyl (C=O) groups excluding carboxylic acids is 3. The minimum atomic E-state index is -0.496. The lowest BCUT2D eigenvalue weighted by molar-refractivity contribution is 0.0708. The molecule has 13 heteroatoms. The zero-order valence-electron chi connectivity index (χ0n) is 18.9. The Morgan fingerprint density at radius 1 is 1.26 bits per heavy atom. The van der Waals surface area contributed by atoms with Crippen molar-refractivity contribution in [3.8, 4) is 0 Å². The van der Waals surface area contributed by atoms with Gasteiger partial charge >= 0.3 is 0 Å². The van der Waals surface area contributed by atoms with Crippen molar-refractivity contribution in [2.24, 2.45) is 0 Å². The van der Waals surface area contributed by atoms with Gasteiger partial charge in [-0.05, 0) is 43.4 Å². The van der Waals surface area contributed by atoms with Gasteiger partial charge in [0.25, 0.3) is 17.7 Å². The number of piperidine rings is 1. The van der Waals surface area contributed by atoms with Crippen LogP contribution in [0.5, 0.6) is 0 Å². The highest BCUT2D eigenvalue weighted by molar-refractivity contribution is 7.99. The van der Waals surface area contributed by atoms with Crippen molar-refractivity contribution >= 4 is 52.4 Å². The largest absolute Gasteiger partial charge is 0.339 e. The topological polar surface area (TPSA) is 130 Å². The summed E-state index contributed by atoms with van der Waals surface area (Å²) in [6.45, 7) is 6.60. The van der Waals surface area contributed by atoms with Crippen LogP contribution in [0.15, 0.2) is 41.4 Å². The Morgan fingerprint density at radius 2 is 2.03 bits per heavy atom. The van der Waals surface area contributed by atoms with Gasteiger partial charge in [0, 0.05) is 36.3 Å². The summed E-state index contributed by atoms with van der Waals surface area (Å²) in [5.74, 6) is -0.146. The Morgan fingerprint density at radius 3 is 2.74 bits per heavy atom. The van der Waals surface area contributed by atoms with Gasteiger partial charge in [-0.3, -0.25) is 25.2 Å². The van der Waals surface area contributed by atoms with E-state index in [-0.39, 0.29) is 17.5 Å². The molecule has 3 amide bonds. The molecule has 35 heavy (non-hydrogen) atoms. The second kappa shape index (κ2) is 11.5. The molecule has 0 radical (unpaired) electrons. The van der Waals surface area contributed by atoms with Gasteiger partial charge in [-0.1, -0.05) is 10.6 Å². The molecule has 4 heterocycles. The van der Waals surface area contributed by atoms with Crippen LogP contribution in [0.2, 0.25) is 0 Å². The summed E-state index contributed by atoms with van der Waals surface area (Å²) in [6.07, 6.45) is 4.98. The molecule has 2 N–H and O–H groups in total. The van der Waals surface area contributed by atoms with E-state index in [4.69, 9.17) is 0 Å². The summed E-state index contributed by atoms with van der Waals surface area (Å²) < 4.78 is 3.71. The van der Waals surface area contributed by atoms with E-state index in [0.29, 0.717) is 40.0 Å². The van der Waals surface area contributed by atoms with Crippen molar-refractivity contribution in [2.75, 3.05) is 18.8 Å². The smallest absolute Gasteiger partial charge is 0.289 e. The number of aromatic nitrogens is 4. The number of hydrogen-bond donors (Lipinski definition) is 2. The molecular formula is C22H23N7O3S3. The highest BCUT2D eigenvalue weighted by Gasteiger charge is 2.28. The first-order valence-electron chi connectivity index (χ1n) is 10.8. The molecule has 10 nitrogen and oxygen atoms in total. The predicted octanol–water partition coefficient (Wildman–Crippen LogP) is 3.07. The van der Waals surface area contributed by atoms with Crippen LogP contribution in [0.25, 0.3) is 0 Å². The molecule has 3 aromatic rings. The van der Waals surface area contributed by atoms with Gasteiger partial charge in [0.1, 0.15) is 15.6 Å². The van der Waals surface area contributed by atoms with Gasteiger partial charge in [-0.2, -0.15) is 0 Å². The molecule has 0 bridgehead atoms. The number of nitrogens with one attached hydrogen (secondary N) is 2. The second-order valence-electron chi connectivity index (χ2n) is 7.69. The monoisotopic (exact) mass is 529 g/mol. The number of nitrogens with zero attached hydrogens (tertiary/aromatic N) is 5. The fourth-order valence-corrected chi connectivity index (χ4v) is 5.80. The van der Waals surface area contributed by atoms with E-state index in [1.165, 1.54) is 23.1 Å². The first kappa shape index (κ1) is 24.9. The molecule has 1 fully saturated rings. The quantitative estimate of drug-likeness (QED) is 0.271. The van der Waals surface area contributed by atoms with Gasteiger partial charge < -0.3 is 4.90 Å². The van der Waals surface area contributed by atoms with Crippen molar-refractivity contribution < 1.29 is 14.4 Å². The fourth-order valence-electron chi connectivity index (χ4n) is 3.56. The zero-order chi connectivity index (χ0) is 24.8. The standard InChI is InChI=1S/C22H23N7O3S3/c1-3-11-33-21-15(5-4-8-23-21)22(32)29-9-6-14(7-10-29)20-24-16(12-34-20)18(30)26-27-19(31)17-13(2)25-28-35-17/h3-5,8,12,14H,1,6-7,9-11H2,2H3,(H,26,30)(H,27,31). The highest BCUT2D eigenvalue weighted by Crippen LogP contribution is 2.31. The molecule has 1 aliphatic rings. The van der Waals surface area contributed by atoms with Crippen LogP contribution < -0.4 is 10.9 Å². The molecule has 0 unspecified atom stereocenters. The molecular weight excluding hydrogens is 506 g/mol. The first-order valence-corrected chi connectivity index (χ1v) is 13.4. The third-order valence-corrected chi connectivity index (χ3v) is 8.21. The van der Waals surface area contributed by atoms with Crippen molar-refractivity contribution in [1.29, 1.82) is 0 Å². The van der Waals surface area contributed by atoms with Crippen LogP contribution in [0.3, 0.4) is 0 Å². The van der Waals surface area contributed by atoms with Gasteiger partial charge in [-0.15, -0.1) is 34.8 Å². The summed E-state index contributed by atoms with van der Waals surface area (Å²) in [7, 11) is 0. The lowest BCUT2D eigenvalue weighted by atomic mass is 9.97. The maximum Gasteiger partial charge on any atom is 0.289 e. The molecule has 0 saturated carbocycles. The van der Waals surface area contributed by atoms with Gasteiger partial charge in [0.05, 0.1) is 16.3 Å². The molecule has 182 valence electrons. The Kier molecular flexibility index (Phi) is 8.21. The van der Waals surface area contributed by atoms with E-state index < -0.39 is 11.8 Å². The maximum absolute atomic E-state index is 13.1. The van der Waals surface area contributed by atoms with Crippen molar-refractivity contribution in [2.45, 2.75) is 30.7 Å². The lowest BCUT2D eigenvalue weighted by Crippen LogP contribution is -2.41. The van der Waals surface area contributed by atoms with Crippen LogP contribution in [-0.4, -0.2) is 61.0 Å². The number of thiazole rings is 1. The third-order valence-electron chi connectivity index (χ3n) is 5.37. The van der Waals surface area contributed by atoms with Gasteiger partial charge in [0.15, 0.2) is 0 Å². The van der Waals surface area contributed by atoms with E-state index >= 15 is 0 Å². The van der Waals surface area contributed by atoms with Crippen molar-refractivity contribution in [1.82, 2.24) is 35.3 Å². The Hall–Kier alpha value is -3.16. The minimum Gasteiger partial charge on any atom is -0.339 e. The number of aryl methyl sites for hydroxylation is 1. The Bertz CT molecular complexity index is 1230. The normalized spacial score (nSPS) is 13.9. The van der Waals surface area contributed by atoms with Crippen LogP contribution in [-0.2, 0) is 0 Å². The fraction of sp³-hybridized carbons (Fsp3) is 0.318. The number of hydrazine groups is 1. The van der Waals surface area contributed by atoms with Crippen LogP contribution in [0.1, 0.15) is 60.0 Å². The average molecular weight is 530 g/mol. The number of pyridine rings is 1. The Balaban J connectivity index is 1.31. The summed E-state index contributed by atoms with van der Waals surface area (Å²) in [5.41, 5.74) is 6.09. The number of rotatable bonds is 7. The molecule has 0 aromatic carbocycles. The van der Waals surface area contributed by atoms with E-state index in [2.05, 4.69) is 37.0 Å². The molecule has 3 aromatic heterocycles. The molecule has 1 aliphatic heterocycles. The van der Waals surface area contributed by atoms with Crippen LogP contribution in [0, 0.1) is 6.92 Å². The predicted molar refractivity (Wildman–Crippen MR) is 135 cm³/mol. The van der Waals surface area contributed by atoms with Crippen molar-refractivity contribution in [3.05, 3.63) is 63.2 Å². The SMILES string of the molecule is C=CCSc1ncccc1C(=O)N1CCC(c2nc(C(=O)NNC(=O)c3snnc3C)cs2)CC1. The molecule has 0 aliphatic carbocycles. The number of likely N-dealkylation sites (tertiary alicyclic amines) is 1. The number of hydrogen-bond acceptors (Lipinski definition) is 10. The van der Waals surface area contributed by atoms with E-state index in [1.54, 1.807) is 30.6 Å². The minimum absolute atomic E-state index is 0.0237. The second-order valence-corrected chi connectivity index (χ2v) is 10.3. The summed E-state index contributed by atoms with van der Waals surface area (Å²) >= 11 is 3.86. The lowest BCUT2D eigenvalue weighted by Gasteiger charge is -2.31. The van der Waals surface area contributed by atoms with Gasteiger partial charge in [-0.25, -0.2) is 9.97 Å². The molecule has 0 atom stereocenters. The van der Waals surface area contributed by atoms with E-state index in [1.807, 2.05) is 11.0 Å². The molecule has 1 saturated heterocycles. The van der Waals surface area contributed by atoms with Crippen LogP contribution in [0.4, 0.5) is 0 Å². The van der Waals surface area contributed by atoms with Crippen molar-refractivity contribution in [3.63, 3.8) is 0 Å². The first-order chi connectivity index (χ1) is 17.0. The zero-order valence-corrected chi connectivity index (χ0v) is 21.3. The Labute approximate surface area is 214 Å². The maximum atomic E-state index is 13.1. The van der Waals surface area contributed by atoms with Gasteiger partial charge in [0.2, 0.25) is 0 Å². The number of thioether (sulfide) groups is 1. The number of amides is 3. The highest BCUT2D eigenvalue weighted by atomic mass is 32.2. The molecule has 0 spiro atoms. The summed E-state index contributed by atoms with van der Waals surface area (Å²) in [5, 5.41) is 7.01. The number of carbonyl (C=O) groups is 3. The summed E-state index contributed by atoms with van der Waals surface area (Å²) in [6, 6.07) is 3.59.